The lowest BCUT2D eigenvalue weighted by atomic mass is 9.78. The van der Waals surface area contributed by atoms with E-state index in [2.05, 4.69) is 29.6 Å². The molecule has 162 valence electrons. The molecule has 0 spiro atoms. The van der Waals surface area contributed by atoms with Gasteiger partial charge in [0.15, 0.2) is 0 Å². The Morgan fingerprint density at radius 2 is 1.42 bits per heavy atom. The minimum absolute atomic E-state index is 0.0182. The maximum Gasteiger partial charge on any atom is 0.307 e. The van der Waals surface area contributed by atoms with Crippen molar-refractivity contribution in [1.82, 2.24) is 5.32 Å². The highest BCUT2D eigenvalue weighted by molar-refractivity contribution is 5.87. The molecule has 0 saturated heterocycles. The molecule has 0 heterocycles. The van der Waals surface area contributed by atoms with Gasteiger partial charge in [0.05, 0.1) is 11.8 Å². The van der Waals surface area contributed by atoms with Crippen LogP contribution in [0.5, 0.6) is 0 Å². The first-order valence-corrected chi connectivity index (χ1v) is 11.3. The van der Waals surface area contributed by atoms with Crippen molar-refractivity contribution in [3.05, 3.63) is 82.9 Å². The van der Waals surface area contributed by atoms with E-state index in [0.717, 1.165) is 19.3 Å². The van der Waals surface area contributed by atoms with Crippen molar-refractivity contribution < 1.29 is 14.7 Å². The van der Waals surface area contributed by atoms with Crippen LogP contribution in [-0.4, -0.2) is 23.5 Å². The Balaban J connectivity index is 1.48. The van der Waals surface area contributed by atoms with Crippen LogP contribution in [0.15, 0.2) is 71.8 Å². The van der Waals surface area contributed by atoms with Crippen molar-refractivity contribution in [3.63, 3.8) is 0 Å². The van der Waals surface area contributed by atoms with E-state index in [0.29, 0.717) is 6.54 Å². The summed E-state index contributed by atoms with van der Waals surface area (Å²) in [5, 5.41) is 13.0. The first kappa shape index (κ1) is 21.4. The lowest BCUT2D eigenvalue weighted by Crippen LogP contribution is -2.41. The van der Waals surface area contributed by atoms with Crippen LogP contribution >= 0.6 is 0 Å². The smallest absolute Gasteiger partial charge is 0.307 e. The number of allylic oxidation sites excluding steroid dienone is 2. The second-order valence-corrected chi connectivity index (χ2v) is 9.09. The van der Waals surface area contributed by atoms with Crippen molar-refractivity contribution in [1.29, 1.82) is 0 Å². The fourth-order valence-electron chi connectivity index (χ4n) is 5.96. The largest absolute Gasteiger partial charge is 0.481 e. The molecular weight excluding hydrogens is 386 g/mol. The number of carbonyl (C=O) groups is 2. The summed E-state index contributed by atoms with van der Waals surface area (Å²) in [6, 6.07) is 20.7. The Bertz CT molecular complexity index is 923. The molecule has 31 heavy (non-hydrogen) atoms. The molecule has 2 fully saturated rings. The molecule has 0 unspecified atom stereocenters. The van der Waals surface area contributed by atoms with E-state index >= 15 is 0 Å². The Kier molecular flexibility index (Phi) is 6.26. The van der Waals surface area contributed by atoms with Gasteiger partial charge < -0.3 is 10.4 Å². The fourth-order valence-corrected chi connectivity index (χ4v) is 5.96. The predicted octanol–water partition coefficient (Wildman–Crippen LogP) is 5.02. The Labute approximate surface area is 184 Å². The van der Waals surface area contributed by atoms with Gasteiger partial charge in [-0.15, -0.1) is 0 Å². The SMILES string of the molecule is CC(C)=C1[C@H]2CC[C@@H]1[C@@H](C(=O)NCCC(c1ccccc1)c1ccccc1)[C@@H]2C(=O)O. The van der Waals surface area contributed by atoms with E-state index in [1.165, 1.54) is 22.3 Å². The maximum absolute atomic E-state index is 13.2. The number of amides is 1. The van der Waals surface area contributed by atoms with Gasteiger partial charge in [-0.3, -0.25) is 9.59 Å². The monoisotopic (exact) mass is 417 g/mol. The standard InChI is InChI=1S/C27H31NO3/c1-17(2)23-21-13-14-22(23)25(27(30)31)24(21)26(29)28-16-15-20(18-9-5-3-6-10-18)19-11-7-4-8-12-19/h3-12,20-22,24-25H,13-16H2,1-2H3,(H,28,29)(H,30,31)/t21-,22+,24+,25+/m0/s1. The molecular formula is C27H31NO3. The number of carboxylic acids is 1. The van der Waals surface area contributed by atoms with Gasteiger partial charge in [0, 0.05) is 12.5 Å². The molecule has 0 aliphatic heterocycles. The zero-order chi connectivity index (χ0) is 22.0. The van der Waals surface area contributed by atoms with Crippen LogP contribution in [0.1, 0.15) is 50.2 Å². The van der Waals surface area contributed by atoms with Gasteiger partial charge in [0.2, 0.25) is 5.91 Å². The zero-order valence-corrected chi connectivity index (χ0v) is 18.3. The van der Waals surface area contributed by atoms with Crippen molar-refractivity contribution in [2.24, 2.45) is 23.7 Å². The molecule has 2 N–H and O–H groups in total. The molecule has 4 rings (SSSR count). The summed E-state index contributed by atoms with van der Waals surface area (Å²) >= 11 is 0. The Morgan fingerprint density at radius 3 is 1.90 bits per heavy atom. The summed E-state index contributed by atoms with van der Waals surface area (Å²) in [6.07, 6.45) is 2.58. The topological polar surface area (TPSA) is 66.4 Å². The number of aliphatic carboxylic acids is 1. The third kappa shape index (κ3) is 4.16. The third-order valence-corrected chi connectivity index (χ3v) is 7.14. The highest BCUT2D eigenvalue weighted by atomic mass is 16.4. The third-order valence-electron chi connectivity index (χ3n) is 7.14. The number of hydrogen-bond acceptors (Lipinski definition) is 2. The van der Waals surface area contributed by atoms with Gasteiger partial charge >= 0.3 is 5.97 Å². The number of nitrogens with one attached hydrogen (secondary N) is 1. The van der Waals surface area contributed by atoms with Gasteiger partial charge in [0.1, 0.15) is 0 Å². The number of benzene rings is 2. The Hall–Kier alpha value is -2.88. The number of carbonyl (C=O) groups excluding carboxylic acids is 1. The van der Waals surface area contributed by atoms with E-state index in [4.69, 9.17) is 0 Å². The molecule has 4 heteroatoms. The molecule has 2 bridgehead atoms. The zero-order valence-electron chi connectivity index (χ0n) is 18.3. The average molecular weight is 418 g/mol. The van der Waals surface area contributed by atoms with E-state index in [1.54, 1.807) is 0 Å². The minimum Gasteiger partial charge on any atom is -0.481 e. The van der Waals surface area contributed by atoms with E-state index in [-0.39, 0.29) is 23.7 Å². The molecule has 4 atom stereocenters. The first-order valence-electron chi connectivity index (χ1n) is 11.3. The summed E-state index contributed by atoms with van der Waals surface area (Å²) in [5.41, 5.74) is 4.84. The van der Waals surface area contributed by atoms with Crippen molar-refractivity contribution in [2.45, 2.75) is 39.0 Å². The van der Waals surface area contributed by atoms with E-state index in [1.807, 2.05) is 50.2 Å². The molecule has 4 nitrogen and oxygen atoms in total. The molecule has 1 amide bonds. The normalized spacial score (nSPS) is 24.4. The van der Waals surface area contributed by atoms with Crippen LogP contribution in [0.2, 0.25) is 0 Å². The van der Waals surface area contributed by atoms with Gasteiger partial charge in [0.25, 0.3) is 0 Å². The van der Waals surface area contributed by atoms with Crippen molar-refractivity contribution in [2.75, 3.05) is 6.54 Å². The highest BCUT2D eigenvalue weighted by Crippen LogP contribution is 2.57. The van der Waals surface area contributed by atoms with Crippen LogP contribution in [0.25, 0.3) is 0 Å². The summed E-state index contributed by atoms with van der Waals surface area (Å²) in [4.78, 5) is 25.2. The van der Waals surface area contributed by atoms with Gasteiger partial charge in [-0.2, -0.15) is 0 Å². The molecule has 0 radical (unpaired) electrons. The summed E-state index contributed by atoms with van der Waals surface area (Å²) < 4.78 is 0. The van der Waals surface area contributed by atoms with Crippen LogP contribution < -0.4 is 5.32 Å². The molecule has 2 aliphatic rings. The van der Waals surface area contributed by atoms with Gasteiger partial charge in [-0.25, -0.2) is 0 Å². The van der Waals surface area contributed by atoms with Crippen molar-refractivity contribution >= 4 is 11.9 Å². The lowest BCUT2D eigenvalue weighted by molar-refractivity contribution is -0.149. The second kappa shape index (κ2) is 9.09. The second-order valence-electron chi connectivity index (χ2n) is 9.09. The van der Waals surface area contributed by atoms with Crippen molar-refractivity contribution in [3.8, 4) is 0 Å². The fraction of sp³-hybridized carbons (Fsp3) is 0.407. The average Bonchev–Trinajstić information content (AvgIpc) is 3.34. The Morgan fingerprint density at radius 1 is 0.903 bits per heavy atom. The minimum atomic E-state index is -0.836. The van der Waals surface area contributed by atoms with Crippen LogP contribution in [-0.2, 0) is 9.59 Å². The number of rotatable bonds is 7. The lowest BCUT2D eigenvalue weighted by Gasteiger charge is -2.27. The number of carboxylic acid groups (broad SMARTS) is 1. The highest BCUT2D eigenvalue weighted by Gasteiger charge is 2.57. The predicted molar refractivity (Wildman–Crippen MR) is 122 cm³/mol. The van der Waals surface area contributed by atoms with Crippen LogP contribution in [0.4, 0.5) is 0 Å². The summed E-state index contributed by atoms with van der Waals surface area (Å²) in [7, 11) is 0. The van der Waals surface area contributed by atoms with E-state index in [9.17, 15) is 14.7 Å². The molecule has 2 aromatic carbocycles. The number of fused-ring (bicyclic) bond motifs is 2. The van der Waals surface area contributed by atoms with Crippen LogP contribution in [0, 0.1) is 23.7 Å². The van der Waals surface area contributed by atoms with Gasteiger partial charge in [-0.1, -0.05) is 71.8 Å². The molecule has 0 aromatic heterocycles. The van der Waals surface area contributed by atoms with Gasteiger partial charge in [-0.05, 0) is 56.1 Å². The molecule has 2 aliphatic carbocycles. The molecule has 2 aromatic rings. The number of hydrogen-bond donors (Lipinski definition) is 2. The first-order chi connectivity index (χ1) is 15.0. The quantitative estimate of drug-likeness (QED) is 0.622. The van der Waals surface area contributed by atoms with E-state index < -0.39 is 17.8 Å². The maximum atomic E-state index is 13.2. The van der Waals surface area contributed by atoms with Crippen LogP contribution in [0.3, 0.4) is 0 Å². The summed E-state index contributed by atoms with van der Waals surface area (Å²) in [6.45, 7) is 4.62. The molecule has 2 saturated carbocycles. The summed E-state index contributed by atoms with van der Waals surface area (Å²) in [5.74, 6) is -1.70.